The Hall–Kier alpha value is -1.30. The molecule has 0 aromatic heterocycles. The molecule has 1 fully saturated rings. The molecule has 0 saturated carbocycles. The van der Waals surface area contributed by atoms with Crippen LogP contribution in [0.1, 0.15) is 6.42 Å². The van der Waals surface area contributed by atoms with Crippen LogP contribution >= 0.6 is 24.0 Å². The van der Waals surface area contributed by atoms with E-state index in [1.807, 2.05) is 0 Å². The van der Waals surface area contributed by atoms with Crippen molar-refractivity contribution in [3.8, 4) is 5.75 Å². The second-order valence-electron chi connectivity index (χ2n) is 5.79. The van der Waals surface area contributed by atoms with Gasteiger partial charge in [0.2, 0.25) is 0 Å². The van der Waals surface area contributed by atoms with Crippen LogP contribution in [-0.2, 0) is 0 Å². The molecule has 1 saturated heterocycles. The minimum Gasteiger partial charge on any atom is -0.492 e. The van der Waals surface area contributed by atoms with E-state index in [4.69, 9.17) is 4.74 Å². The molecule has 2 rings (SSSR count). The molecule has 1 atom stereocenters. The van der Waals surface area contributed by atoms with Crippen LogP contribution in [0.25, 0.3) is 0 Å². The smallest absolute Gasteiger partial charge is 0.401 e. The van der Waals surface area contributed by atoms with Gasteiger partial charge in [-0.15, -0.1) is 24.0 Å². The quantitative estimate of drug-likeness (QED) is 0.212. The van der Waals surface area contributed by atoms with E-state index in [0.717, 1.165) is 0 Å². The molecule has 1 heterocycles. The first-order chi connectivity index (χ1) is 11.9. The summed E-state index contributed by atoms with van der Waals surface area (Å²) in [6.45, 7) is 0.555. The zero-order chi connectivity index (χ0) is 18.3. The predicted molar refractivity (Wildman–Crippen MR) is 103 cm³/mol. The second-order valence-corrected chi connectivity index (χ2v) is 5.79. The summed E-state index contributed by atoms with van der Waals surface area (Å²) in [5.41, 5.74) is 0. The molecule has 10 heteroatoms. The molecule has 0 amide bonds. The monoisotopic (exact) mass is 490 g/mol. The average molecular weight is 490 g/mol. The number of likely N-dealkylation sites (tertiary alicyclic amines) is 1. The Kier molecular flexibility index (Phi) is 9.41. The lowest BCUT2D eigenvalue weighted by Crippen LogP contribution is -2.46. The summed E-state index contributed by atoms with van der Waals surface area (Å²) in [6.07, 6.45) is -3.56. The van der Waals surface area contributed by atoms with Gasteiger partial charge in [-0.1, -0.05) is 6.07 Å². The van der Waals surface area contributed by atoms with E-state index < -0.39 is 12.7 Å². The van der Waals surface area contributed by atoms with E-state index in [1.54, 1.807) is 19.2 Å². The van der Waals surface area contributed by atoms with E-state index in [0.29, 0.717) is 44.4 Å². The molecular weight excluding hydrogens is 467 g/mol. The molecule has 26 heavy (non-hydrogen) atoms. The summed E-state index contributed by atoms with van der Waals surface area (Å²) >= 11 is 0. The number of guanidine groups is 1. The first kappa shape index (κ1) is 22.7. The number of benzene rings is 1. The maximum absolute atomic E-state index is 13.0. The van der Waals surface area contributed by atoms with Crippen LogP contribution in [0.15, 0.2) is 29.3 Å². The largest absolute Gasteiger partial charge is 0.492 e. The highest BCUT2D eigenvalue weighted by molar-refractivity contribution is 14.0. The van der Waals surface area contributed by atoms with Gasteiger partial charge in [-0.25, -0.2) is 4.39 Å². The highest BCUT2D eigenvalue weighted by Crippen LogP contribution is 2.19. The van der Waals surface area contributed by atoms with Crippen molar-refractivity contribution in [2.45, 2.75) is 18.6 Å². The molecule has 1 unspecified atom stereocenters. The van der Waals surface area contributed by atoms with Gasteiger partial charge in [0.25, 0.3) is 0 Å². The SMILES string of the molecule is CN=C(NCCOc1cccc(F)c1)NC1CCN(CC(F)(F)F)C1.I. The van der Waals surface area contributed by atoms with Gasteiger partial charge in [0.05, 0.1) is 13.1 Å². The zero-order valence-electron chi connectivity index (χ0n) is 14.4. The van der Waals surface area contributed by atoms with Crippen molar-refractivity contribution in [1.82, 2.24) is 15.5 Å². The van der Waals surface area contributed by atoms with Gasteiger partial charge >= 0.3 is 6.18 Å². The summed E-state index contributed by atoms with van der Waals surface area (Å²) in [7, 11) is 1.59. The highest BCUT2D eigenvalue weighted by atomic mass is 127. The number of hydrogen-bond acceptors (Lipinski definition) is 3. The Morgan fingerprint density at radius 2 is 2.15 bits per heavy atom. The third-order valence-corrected chi connectivity index (χ3v) is 3.70. The lowest BCUT2D eigenvalue weighted by Gasteiger charge is -2.19. The van der Waals surface area contributed by atoms with Crippen molar-refractivity contribution in [3.05, 3.63) is 30.1 Å². The number of halogens is 5. The molecule has 1 aromatic rings. The van der Waals surface area contributed by atoms with E-state index in [9.17, 15) is 17.6 Å². The number of nitrogens with zero attached hydrogens (tertiary/aromatic N) is 2. The minimum atomic E-state index is -4.18. The Morgan fingerprint density at radius 1 is 1.38 bits per heavy atom. The van der Waals surface area contributed by atoms with Gasteiger partial charge in [0.1, 0.15) is 18.2 Å². The molecule has 5 nitrogen and oxygen atoms in total. The predicted octanol–water partition coefficient (Wildman–Crippen LogP) is 2.62. The molecule has 0 spiro atoms. The zero-order valence-corrected chi connectivity index (χ0v) is 16.7. The summed E-state index contributed by atoms with van der Waals surface area (Å²) in [5, 5.41) is 6.13. The molecule has 1 aliphatic heterocycles. The first-order valence-electron chi connectivity index (χ1n) is 8.00. The second kappa shape index (κ2) is 10.8. The van der Waals surface area contributed by atoms with Crippen LogP contribution in [0, 0.1) is 5.82 Å². The number of aliphatic imine (C=N–C) groups is 1. The molecule has 148 valence electrons. The summed E-state index contributed by atoms with van der Waals surface area (Å²) in [6, 6.07) is 5.76. The van der Waals surface area contributed by atoms with Crippen LogP contribution in [0.3, 0.4) is 0 Å². The Balaban J connectivity index is 0.00000338. The molecular formula is C16H23F4IN4O. The van der Waals surface area contributed by atoms with Gasteiger partial charge in [-0.3, -0.25) is 9.89 Å². The number of alkyl halides is 3. The fraction of sp³-hybridized carbons (Fsp3) is 0.562. The fourth-order valence-corrected chi connectivity index (χ4v) is 2.63. The standard InChI is InChI=1S/C16H22F4N4O.HI/c1-21-15(22-6-8-25-14-4-2-3-12(17)9-14)23-13-5-7-24(10-13)11-16(18,19)20;/h2-4,9,13H,5-8,10-11H2,1H3,(H2,21,22,23);1H. The molecule has 1 aromatic carbocycles. The third kappa shape index (κ3) is 8.39. The van der Waals surface area contributed by atoms with E-state index in [2.05, 4.69) is 15.6 Å². The molecule has 2 N–H and O–H groups in total. The van der Waals surface area contributed by atoms with Crippen molar-refractivity contribution in [2.24, 2.45) is 4.99 Å². The summed E-state index contributed by atoms with van der Waals surface area (Å²) < 4.78 is 55.6. The Labute approximate surface area is 167 Å². The number of nitrogens with one attached hydrogen (secondary N) is 2. The normalized spacial score (nSPS) is 18.3. The van der Waals surface area contributed by atoms with E-state index in [1.165, 1.54) is 17.0 Å². The van der Waals surface area contributed by atoms with Crippen molar-refractivity contribution < 1.29 is 22.3 Å². The molecule has 0 bridgehead atoms. The number of hydrogen-bond donors (Lipinski definition) is 2. The summed E-state index contributed by atoms with van der Waals surface area (Å²) in [4.78, 5) is 5.42. The van der Waals surface area contributed by atoms with Crippen LogP contribution in [-0.4, -0.2) is 62.9 Å². The van der Waals surface area contributed by atoms with Gasteiger partial charge < -0.3 is 15.4 Å². The number of rotatable bonds is 6. The Bertz CT molecular complexity index is 586. The lowest BCUT2D eigenvalue weighted by atomic mass is 10.3. The van der Waals surface area contributed by atoms with Gasteiger partial charge in [0, 0.05) is 32.2 Å². The highest BCUT2D eigenvalue weighted by Gasteiger charge is 2.34. The van der Waals surface area contributed by atoms with Gasteiger partial charge in [-0.05, 0) is 18.6 Å². The van der Waals surface area contributed by atoms with Crippen LogP contribution in [0.4, 0.5) is 17.6 Å². The lowest BCUT2D eigenvalue weighted by molar-refractivity contribution is -0.143. The Morgan fingerprint density at radius 3 is 2.81 bits per heavy atom. The summed E-state index contributed by atoms with van der Waals surface area (Å²) in [5.74, 6) is 0.567. The molecule has 0 aliphatic carbocycles. The topological polar surface area (TPSA) is 48.9 Å². The van der Waals surface area contributed by atoms with Crippen LogP contribution in [0.5, 0.6) is 5.75 Å². The van der Waals surface area contributed by atoms with Crippen molar-refractivity contribution in [2.75, 3.05) is 39.8 Å². The molecule has 1 aliphatic rings. The maximum atomic E-state index is 13.0. The van der Waals surface area contributed by atoms with Crippen LogP contribution < -0.4 is 15.4 Å². The first-order valence-corrected chi connectivity index (χ1v) is 8.00. The number of ether oxygens (including phenoxy) is 1. The maximum Gasteiger partial charge on any atom is 0.401 e. The third-order valence-electron chi connectivity index (χ3n) is 3.70. The average Bonchev–Trinajstić information content (AvgIpc) is 2.95. The fourth-order valence-electron chi connectivity index (χ4n) is 2.63. The van der Waals surface area contributed by atoms with E-state index in [-0.39, 0.29) is 35.8 Å². The van der Waals surface area contributed by atoms with Crippen molar-refractivity contribution >= 4 is 29.9 Å². The van der Waals surface area contributed by atoms with Gasteiger partial charge in [-0.2, -0.15) is 13.2 Å². The van der Waals surface area contributed by atoms with Crippen LogP contribution in [0.2, 0.25) is 0 Å². The van der Waals surface area contributed by atoms with E-state index >= 15 is 0 Å². The molecule has 0 radical (unpaired) electrons. The van der Waals surface area contributed by atoms with Crippen molar-refractivity contribution in [3.63, 3.8) is 0 Å². The van der Waals surface area contributed by atoms with Crippen molar-refractivity contribution in [1.29, 1.82) is 0 Å². The van der Waals surface area contributed by atoms with Gasteiger partial charge in [0.15, 0.2) is 5.96 Å². The minimum absolute atomic E-state index is 0.